The highest BCUT2D eigenvalue weighted by molar-refractivity contribution is 5.76. The van der Waals surface area contributed by atoms with Gasteiger partial charge in [-0.15, -0.1) is 0 Å². The number of aliphatic hydroxyl groups is 2. The van der Waals surface area contributed by atoms with Crippen LogP contribution in [-0.4, -0.2) is 40.4 Å². The SMILES string of the molecule is CCC(C)C(=O)OC1CC(C)C=C2C=CC(C)C(CCC(O)CC(O)CC(=O)NCc3ccccc3)C21. The number of ether oxygens (including phenoxy) is 1. The molecule has 0 heterocycles. The van der Waals surface area contributed by atoms with Crippen LogP contribution in [0.1, 0.15) is 71.8 Å². The van der Waals surface area contributed by atoms with Gasteiger partial charge in [0.1, 0.15) is 6.10 Å². The standard InChI is InChI=1S/C31H45NO5/c1-5-21(3)31(36)37-28-16-20(2)15-24-12-11-22(4)27(30(24)28)14-13-25(33)17-26(34)18-29(35)32-19-23-9-7-6-8-10-23/h6-12,15,20-22,25-28,30,33-34H,5,13-14,16-19H2,1-4H3,(H,32,35). The van der Waals surface area contributed by atoms with Crippen molar-refractivity contribution in [3.05, 3.63) is 59.7 Å². The molecule has 3 rings (SSSR count). The number of esters is 1. The van der Waals surface area contributed by atoms with Gasteiger partial charge in [-0.1, -0.05) is 76.3 Å². The lowest BCUT2D eigenvalue weighted by molar-refractivity contribution is -0.158. The van der Waals surface area contributed by atoms with Crippen LogP contribution in [0.3, 0.4) is 0 Å². The van der Waals surface area contributed by atoms with Crippen LogP contribution in [0, 0.1) is 29.6 Å². The topological polar surface area (TPSA) is 95.9 Å². The van der Waals surface area contributed by atoms with E-state index in [0.29, 0.717) is 24.8 Å². The first-order valence-corrected chi connectivity index (χ1v) is 13.9. The number of hydrogen-bond acceptors (Lipinski definition) is 5. The number of allylic oxidation sites excluding steroid dienone is 3. The molecule has 204 valence electrons. The summed E-state index contributed by atoms with van der Waals surface area (Å²) in [5, 5.41) is 23.9. The first-order chi connectivity index (χ1) is 17.7. The summed E-state index contributed by atoms with van der Waals surface area (Å²) in [6.07, 6.45) is 7.91. The second kappa shape index (κ2) is 13.9. The van der Waals surface area contributed by atoms with Crippen LogP contribution >= 0.6 is 0 Å². The molecule has 0 aliphatic heterocycles. The minimum atomic E-state index is -0.898. The van der Waals surface area contributed by atoms with Gasteiger partial charge in [0.2, 0.25) is 5.91 Å². The average molecular weight is 512 g/mol. The van der Waals surface area contributed by atoms with Crippen LogP contribution < -0.4 is 5.32 Å². The largest absolute Gasteiger partial charge is 0.461 e. The Balaban J connectivity index is 1.53. The molecule has 1 aromatic rings. The van der Waals surface area contributed by atoms with Gasteiger partial charge in [-0.05, 0) is 61.0 Å². The first-order valence-electron chi connectivity index (χ1n) is 13.9. The van der Waals surface area contributed by atoms with Crippen LogP contribution in [0.15, 0.2) is 54.1 Å². The van der Waals surface area contributed by atoms with Crippen molar-refractivity contribution in [1.29, 1.82) is 0 Å². The Morgan fingerprint density at radius 2 is 1.86 bits per heavy atom. The maximum absolute atomic E-state index is 12.7. The average Bonchev–Trinajstić information content (AvgIpc) is 2.86. The summed E-state index contributed by atoms with van der Waals surface area (Å²) in [5.41, 5.74) is 2.23. The van der Waals surface area contributed by atoms with Crippen LogP contribution in [0.2, 0.25) is 0 Å². The van der Waals surface area contributed by atoms with Crippen molar-refractivity contribution >= 4 is 11.9 Å². The van der Waals surface area contributed by atoms with Gasteiger partial charge in [-0.2, -0.15) is 0 Å². The lowest BCUT2D eigenvalue weighted by Gasteiger charge is -2.43. The fraction of sp³-hybridized carbons (Fsp3) is 0.613. The fourth-order valence-corrected chi connectivity index (χ4v) is 5.64. The second-order valence-electron chi connectivity index (χ2n) is 11.2. The van der Waals surface area contributed by atoms with Gasteiger partial charge >= 0.3 is 5.97 Å². The van der Waals surface area contributed by atoms with Crippen molar-refractivity contribution < 1.29 is 24.5 Å². The number of hydrogen-bond donors (Lipinski definition) is 3. The summed E-state index contributed by atoms with van der Waals surface area (Å²) in [5.74, 6) is 0.509. The lowest BCUT2D eigenvalue weighted by atomic mass is 9.65. The third kappa shape index (κ3) is 8.54. The Kier molecular flexibility index (Phi) is 11.0. The van der Waals surface area contributed by atoms with Crippen LogP contribution in [0.25, 0.3) is 0 Å². The molecule has 1 amide bonds. The van der Waals surface area contributed by atoms with E-state index in [-0.39, 0.29) is 48.6 Å². The molecule has 0 saturated heterocycles. The fourth-order valence-electron chi connectivity index (χ4n) is 5.64. The number of rotatable bonds is 12. The molecule has 0 bridgehead atoms. The molecule has 3 N–H and O–H groups in total. The van der Waals surface area contributed by atoms with E-state index in [0.717, 1.165) is 24.8 Å². The van der Waals surface area contributed by atoms with Crippen LogP contribution in [0.5, 0.6) is 0 Å². The molecule has 6 heteroatoms. The zero-order valence-electron chi connectivity index (χ0n) is 22.8. The summed E-state index contributed by atoms with van der Waals surface area (Å²) in [6, 6.07) is 9.63. The zero-order valence-corrected chi connectivity index (χ0v) is 22.8. The Morgan fingerprint density at radius 3 is 2.57 bits per heavy atom. The molecule has 0 radical (unpaired) electrons. The minimum Gasteiger partial charge on any atom is -0.461 e. The van der Waals surface area contributed by atoms with Crippen molar-refractivity contribution in [3.63, 3.8) is 0 Å². The Hall–Kier alpha value is -2.44. The summed E-state index contributed by atoms with van der Waals surface area (Å²) in [4.78, 5) is 24.9. The Bertz CT molecular complexity index is 942. The molecular formula is C31H45NO5. The Labute approximate surface area is 222 Å². The molecule has 8 unspecified atom stereocenters. The summed E-state index contributed by atoms with van der Waals surface area (Å²) in [6.45, 7) is 8.67. The monoisotopic (exact) mass is 511 g/mol. The zero-order chi connectivity index (χ0) is 26.9. The maximum atomic E-state index is 12.7. The van der Waals surface area contributed by atoms with Crippen LogP contribution in [-0.2, 0) is 20.9 Å². The molecule has 1 aromatic carbocycles. The molecule has 0 spiro atoms. The number of fused-ring (bicyclic) bond motifs is 1. The molecular weight excluding hydrogens is 466 g/mol. The number of nitrogens with one attached hydrogen (secondary N) is 1. The van der Waals surface area contributed by atoms with E-state index in [9.17, 15) is 19.8 Å². The predicted molar refractivity (Wildman–Crippen MR) is 145 cm³/mol. The van der Waals surface area contributed by atoms with E-state index in [4.69, 9.17) is 4.74 Å². The molecule has 2 aliphatic carbocycles. The van der Waals surface area contributed by atoms with Crippen molar-refractivity contribution in [1.82, 2.24) is 5.32 Å². The van der Waals surface area contributed by atoms with Crippen molar-refractivity contribution in [2.45, 2.75) is 91.1 Å². The van der Waals surface area contributed by atoms with E-state index in [1.165, 1.54) is 5.57 Å². The lowest BCUT2D eigenvalue weighted by Crippen LogP contribution is -2.41. The molecule has 6 nitrogen and oxygen atoms in total. The highest BCUT2D eigenvalue weighted by Gasteiger charge is 2.41. The van der Waals surface area contributed by atoms with Gasteiger partial charge < -0.3 is 20.3 Å². The third-order valence-electron chi connectivity index (χ3n) is 8.01. The number of aliphatic hydroxyl groups excluding tert-OH is 2. The van der Waals surface area contributed by atoms with Gasteiger partial charge in [-0.3, -0.25) is 9.59 Å². The van der Waals surface area contributed by atoms with E-state index >= 15 is 0 Å². The molecule has 2 aliphatic rings. The smallest absolute Gasteiger partial charge is 0.308 e. The summed E-state index contributed by atoms with van der Waals surface area (Å²) in [7, 11) is 0. The summed E-state index contributed by atoms with van der Waals surface area (Å²) >= 11 is 0. The molecule has 8 atom stereocenters. The van der Waals surface area contributed by atoms with Crippen molar-refractivity contribution in [3.8, 4) is 0 Å². The van der Waals surface area contributed by atoms with Gasteiger partial charge in [0.25, 0.3) is 0 Å². The normalized spacial score (nSPS) is 27.4. The molecule has 0 aromatic heterocycles. The van der Waals surface area contributed by atoms with E-state index in [1.54, 1.807) is 0 Å². The molecule has 37 heavy (non-hydrogen) atoms. The van der Waals surface area contributed by atoms with Gasteiger partial charge in [0.15, 0.2) is 0 Å². The molecule has 0 fully saturated rings. The van der Waals surface area contributed by atoms with Crippen molar-refractivity contribution in [2.75, 3.05) is 0 Å². The molecule has 0 saturated carbocycles. The Morgan fingerprint density at radius 1 is 1.14 bits per heavy atom. The van der Waals surface area contributed by atoms with Crippen LogP contribution in [0.4, 0.5) is 0 Å². The third-order valence-corrected chi connectivity index (χ3v) is 8.01. The maximum Gasteiger partial charge on any atom is 0.308 e. The highest BCUT2D eigenvalue weighted by atomic mass is 16.5. The van der Waals surface area contributed by atoms with Gasteiger partial charge in [0.05, 0.1) is 24.5 Å². The predicted octanol–water partition coefficient (Wildman–Crippen LogP) is 4.95. The first kappa shape index (κ1) is 29.1. The van der Waals surface area contributed by atoms with Gasteiger partial charge in [0, 0.05) is 12.5 Å². The minimum absolute atomic E-state index is 0.0342. The van der Waals surface area contributed by atoms with Gasteiger partial charge in [-0.25, -0.2) is 0 Å². The van der Waals surface area contributed by atoms with E-state index in [2.05, 4.69) is 37.4 Å². The number of benzene rings is 1. The second-order valence-corrected chi connectivity index (χ2v) is 11.2. The highest BCUT2D eigenvalue weighted by Crippen LogP contribution is 2.45. The van der Waals surface area contributed by atoms with E-state index < -0.39 is 12.2 Å². The van der Waals surface area contributed by atoms with E-state index in [1.807, 2.05) is 44.2 Å². The summed E-state index contributed by atoms with van der Waals surface area (Å²) < 4.78 is 6.07. The number of carbonyl (C=O) groups excluding carboxylic acids is 2. The number of carbonyl (C=O) groups is 2. The van der Waals surface area contributed by atoms with Crippen molar-refractivity contribution in [2.24, 2.45) is 29.6 Å². The quantitative estimate of drug-likeness (QED) is 0.345. The number of amides is 1.